The molecule has 4 nitrogen and oxygen atoms in total. The van der Waals surface area contributed by atoms with E-state index in [9.17, 15) is 4.79 Å². The van der Waals surface area contributed by atoms with Gasteiger partial charge in [-0.25, -0.2) is 4.79 Å². The van der Waals surface area contributed by atoms with Gasteiger partial charge in [0.05, 0.1) is 12.2 Å². The minimum absolute atomic E-state index is 0.118. The Bertz CT molecular complexity index is 811. The molecule has 0 radical (unpaired) electrons. The Morgan fingerprint density at radius 3 is 2.42 bits per heavy atom. The van der Waals surface area contributed by atoms with E-state index in [1.807, 2.05) is 30.3 Å². The number of esters is 1. The minimum Gasteiger partial charge on any atom is -0.462 e. The van der Waals surface area contributed by atoms with Gasteiger partial charge < -0.3 is 14.2 Å². The number of carbonyl (C=O) groups is 1. The summed E-state index contributed by atoms with van der Waals surface area (Å²) in [5, 5.41) is 0.245. The Morgan fingerprint density at radius 1 is 1.10 bits per heavy atom. The van der Waals surface area contributed by atoms with Crippen molar-refractivity contribution < 1.29 is 19.0 Å². The number of hydrogen-bond acceptors (Lipinski definition) is 5. The molecule has 0 bridgehead atoms. The average Bonchev–Trinajstić information content (AvgIpc) is 3.00. The first-order valence-electron chi connectivity index (χ1n) is 11.8. The van der Waals surface area contributed by atoms with Crippen molar-refractivity contribution in [3.05, 3.63) is 35.9 Å². The van der Waals surface area contributed by atoms with Crippen molar-refractivity contribution in [2.24, 2.45) is 41.4 Å². The van der Waals surface area contributed by atoms with Gasteiger partial charge >= 0.3 is 11.2 Å². The van der Waals surface area contributed by atoms with Crippen molar-refractivity contribution in [2.45, 2.75) is 65.6 Å². The van der Waals surface area contributed by atoms with Crippen LogP contribution in [0.2, 0.25) is 0 Å². The van der Waals surface area contributed by atoms with Gasteiger partial charge in [-0.1, -0.05) is 51.8 Å². The number of carbonyl (C=O) groups excluding carboxylic acids is 1. The van der Waals surface area contributed by atoms with Crippen LogP contribution in [0, 0.1) is 41.4 Å². The average molecular weight is 445 g/mol. The van der Waals surface area contributed by atoms with Crippen molar-refractivity contribution in [3.8, 4) is 0 Å². The molecule has 2 unspecified atom stereocenters. The summed E-state index contributed by atoms with van der Waals surface area (Å²) in [7, 11) is 0. The number of ether oxygens (including phenoxy) is 3. The van der Waals surface area contributed by atoms with Gasteiger partial charge in [0.25, 0.3) is 0 Å². The first-order valence-corrected chi connectivity index (χ1v) is 12.2. The third kappa shape index (κ3) is 4.10. The smallest absolute Gasteiger partial charge is 0.353 e. The Hall–Kier alpha value is -1.62. The van der Waals surface area contributed by atoms with E-state index in [4.69, 9.17) is 26.4 Å². The van der Waals surface area contributed by atoms with Crippen LogP contribution in [0.1, 0.15) is 64.2 Å². The van der Waals surface area contributed by atoms with Crippen molar-refractivity contribution in [1.29, 1.82) is 0 Å². The number of fused-ring (bicyclic) bond motifs is 1. The van der Waals surface area contributed by atoms with Crippen LogP contribution < -0.4 is 0 Å². The minimum atomic E-state index is -0.508. The lowest BCUT2D eigenvalue weighted by Crippen LogP contribution is -2.57. The van der Waals surface area contributed by atoms with Crippen LogP contribution in [0.25, 0.3) is 0 Å². The highest BCUT2D eigenvalue weighted by Gasteiger charge is 2.59. The van der Waals surface area contributed by atoms with E-state index in [0.717, 1.165) is 0 Å². The molecule has 1 heterocycles. The van der Waals surface area contributed by atoms with Crippen LogP contribution in [0.15, 0.2) is 30.3 Å². The molecule has 3 aliphatic rings. The second kappa shape index (κ2) is 8.73. The van der Waals surface area contributed by atoms with Crippen LogP contribution in [0.3, 0.4) is 0 Å². The molecular formula is C26H36O4S. The predicted molar refractivity (Wildman–Crippen MR) is 125 cm³/mol. The fourth-order valence-corrected chi connectivity index (χ4v) is 7.35. The molecular weight excluding hydrogens is 408 g/mol. The fraction of sp³-hybridized carbons (Fsp3) is 0.692. The molecule has 2 saturated carbocycles. The molecule has 4 rings (SSSR count). The molecule has 0 N–H and O–H groups in total. The number of hydrogen-bond donors (Lipinski definition) is 0. The summed E-state index contributed by atoms with van der Waals surface area (Å²) in [6, 6.07) is 9.28. The molecule has 170 valence electrons. The van der Waals surface area contributed by atoms with Gasteiger partial charge in [-0.05, 0) is 62.0 Å². The van der Waals surface area contributed by atoms with E-state index in [2.05, 4.69) is 34.6 Å². The van der Waals surface area contributed by atoms with E-state index >= 15 is 0 Å². The zero-order valence-electron chi connectivity index (χ0n) is 19.4. The van der Waals surface area contributed by atoms with E-state index < -0.39 is 5.60 Å². The van der Waals surface area contributed by atoms with E-state index in [1.165, 1.54) is 19.3 Å². The first kappa shape index (κ1) is 22.6. The lowest BCUT2D eigenvalue weighted by molar-refractivity contribution is -0.135. The molecule has 5 heteroatoms. The predicted octanol–water partition coefficient (Wildman–Crippen LogP) is 5.89. The molecule has 0 aromatic heterocycles. The number of rotatable bonds is 4. The Labute approximate surface area is 192 Å². The summed E-state index contributed by atoms with van der Waals surface area (Å²) >= 11 is 5.29. The summed E-state index contributed by atoms with van der Waals surface area (Å²) in [5.74, 6) is 3.08. The molecule has 1 saturated heterocycles. The van der Waals surface area contributed by atoms with Gasteiger partial charge in [0.15, 0.2) is 5.60 Å². The zero-order valence-corrected chi connectivity index (χ0v) is 20.2. The summed E-state index contributed by atoms with van der Waals surface area (Å²) < 4.78 is 18.0. The van der Waals surface area contributed by atoms with Gasteiger partial charge in [0.1, 0.15) is 6.10 Å². The van der Waals surface area contributed by atoms with Crippen LogP contribution in [-0.2, 0) is 14.2 Å². The molecule has 2 aliphatic carbocycles. The third-order valence-electron chi connectivity index (χ3n) is 8.63. The second-order valence-corrected chi connectivity index (χ2v) is 10.8. The molecule has 1 aromatic carbocycles. The summed E-state index contributed by atoms with van der Waals surface area (Å²) in [6.45, 7) is 11.7. The molecule has 3 fully saturated rings. The standard InChI is InChI=1S/C26H36O4S/c1-15-11-12-16(2)22-20(15)13-17(3)23(26(5)18(4)29-25(31)30-26)21(22)14-28-24(27)19-9-7-6-8-10-19/h6-10,15-18,20-23H,11-14H2,1-5H3/t15-,16-,17-,18?,20-,21-,22+,23+,26?/m0/s1. The van der Waals surface area contributed by atoms with Crippen LogP contribution in [0.5, 0.6) is 0 Å². The maximum absolute atomic E-state index is 12.8. The van der Waals surface area contributed by atoms with Gasteiger partial charge in [-0.3, -0.25) is 0 Å². The summed E-state index contributed by atoms with van der Waals surface area (Å²) in [5.41, 5.74) is 0.0943. The maximum atomic E-state index is 12.8. The highest BCUT2D eigenvalue weighted by molar-refractivity contribution is 7.79. The Balaban J connectivity index is 1.65. The molecule has 1 aromatic rings. The largest absolute Gasteiger partial charge is 0.462 e. The van der Waals surface area contributed by atoms with Crippen molar-refractivity contribution in [3.63, 3.8) is 0 Å². The van der Waals surface area contributed by atoms with Gasteiger partial charge in [0.2, 0.25) is 0 Å². The quantitative estimate of drug-likeness (QED) is 0.428. The topological polar surface area (TPSA) is 44.8 Å². The number of thiocarbonyl (C=S) groups is 1. The maximum Gasteiger partial charge on any atom is 0.353 e. The molecule has 0 amide bonds. The lowest BCUT2D eigenvalue weighted by atomic mass is 9.50. The SMILES string of the molecule is CC1OC(=S)OC1(C)[C@H]1[C@@H](COC(=O)c2ccccc2)[C@H]2[C@@H](C[C@@H]1C)[C@@H](C)CC[C@@H]2C. The van der Waals surface area contributed by atoms with Crippen LogP contribution >= 0.6 is 12.2 Å². The van der Waals surface area contributed by atoms with E-state index in [0.29, 0.717) is 41.8 Å². The molecule has 0 spiro atoms. The normalized spacial score (nSPS) is 42.3. The summed E-state index contributed by atoms with van der Waals surface area (Å²) in [4.78, 5) is 12.8. The third-order valence-corrected chi connectivity index (χ3v) is 8.81. The summed E-state index contributed by atoms with van der Waals surface area (Å²) in [6.07, 6.45) is 3.58. The number of benzene rings is 1. The first-order chi connectivity index (χ1) is 14.7. The fourth-order valence-electron chi connectivity index (χ4n) is 7.02. The van der Waals surface area contributed by atoms with Crippen molar-refractivity contribution in [2.75, 3.05) is 6.61 Å². The Morgan fingerprint density at radius 2 is 1.77 bits per heavy atom. The van der Waals surface area contributed by atoms with Gasteiger partial charge in [0, 0.05) is 24.1 Å². The molecule has 9 atom stereocenters. The van der Waals surface area contributed by atoms with Crippen LogP contribution in [0.4, 0.5) is 0 Å². The van der Waals surface area contributed by atoms with Gasteiger partial charge in [-0.15, -0.1) is 0 Å². The molecule has 31 heavy (non-hydrogen) atoms. The zero-order chi connectivity index (χ0) is 22.3. The van der Waals surface area contributed by atoms with Crippen molar-refractivity contribution >= 4 is 23.4 Å². The van der Waals surface area contributed by atoms with Crippen LogP contribution in [-0.4, -0.2) is 29.5 Å². The monoisotopic (exact) mass is 444 g/mol. The second-order valence-electron chi connectivity index (χ2n) is 10.4. The van der Waals surface area contributed by atoms with Gasteiger partial charge in [-0.2, -0.15) is 0 Å². The van der Waals surface area contributed by atoms with E-state index in [-0.39, 0.29) is 29.1 Å². The lowest BCUT2D eigenvalue weighted by Gasteiger charge is -2.56. The highest BCUT2D eigenvalue weighted by Crippen LogP contribution is 2.57. The van der Waals surface area contributed by atoms with E-state index in [1.54, 1.807) is 0 Å². The Kier molecular flexibility index (Phi) is 6.35. The highest BCUT2D eigenvalue weighted by atomic mass is 32.1. The van der Waals surface area contributed by atoms with Crippen molar-refractivity contribution in [1.82, 2.24) is 0 Å². The molecule has 1 aliphatic heterocycles.